The second kappa shape index (κ2) is 4.02. The third kappa shape index (κ3) is 2.02. The van der Waals surface area contributed by atoms with Gasteiger partial charge in [0.25, 0.3) is 4.80 Å². The van der Waals surface area contributed by atoms with Gasteiger partial charge in [0.2, 0.25) is 0 Å². The molecular weight excluding hydrogens is 262 g/mol. The van der Waals surface area contributed by atoms with E-state index in [2.05, 4.69) is 20.9 Å². The minimum absolute atomic E-state index is 0.355. The van der Waals surface area contributed by atoms with Crippen LogP contribution in [0.5, 0.6) is 0 Å². The van der Waals surface area contributed by atoms with E-state index in [0.29, 0.717) is 28.1 Å². The molecule has 2 rings (SSSR count). The SMILES string of the molecule is CCOC(=O)c1ccc2nc(Br)oc2c1. The van der Waals surface area contributed by atoms with Crippen molar-refractivity contribution >= 4 is 33.0 Å². The van der Waals surface area contributed by atoms with Crippen molar-refractivity contribution in [3.63, 3.8) is 0 Å². The lowest BCUT2D eigenvalue weighted by molar-refractivity contribution is 0.0526. The van der Waals surface area contributed by atoms with E-state index in [0.717, 1.165) is 0 Å². The second-order valence-corrected chi connectivity index (χ2v) is 3.55. The van der Waals surface area contributed by atoms with Crippen LogP contribution in [0.1, 0.15) is 17.3 Å². The van der Waals surface area contributed by atoms with Crippen molar-refractivity contribution < 1.29 is 13.9 Å². The van der Waals surface area contributed by atoms with Crippen molar-refractivity contribution in [2.45, 2.75) is 6.92 Å². The molecule has 2 aromatic rings. The zero-order valence-corrected chi connectivity index (χ0v) is 9.58. The first-order valence-corrected chi connectivity index (χ1v) is 5.23. The summed E-state index contributed by atoms with van der Waals surface area (Å²) in [4.78, 5) is 15.9. The molecule has 0 bridgehead atoms. The third-order valence-electron chi connectivity index (χ3n) is 1.87. The number of esters is 1. The van der Waals surface area contributed by atoms with Gasteiger partial charge in [0.05, 0.1) is 12.2 Å². The molecule has 1 heterocycles. The minimum atomic E-state index is -0.355. The summed E-state index contributed by atoms with van der Waals surface area (Å²) in [6.45, 7) is 2.12. The van der Waals surface area contributed by atoms with Gasteiger partial charge in [-0.05, 0) is 25.1 Å². The lowest BCUT2D eigenvalue weighted by Crippen LogP contribution is -2.03. The Morgan fingerprint density at radius 3 is 3.13 bits per heavy atom. The first kappa shape index (κ1) is 10.2. The van der Waals surface area contributed by atoms with E-state index in [-0.39, 0.29) is 5.97 Å². The fourth-order valence-electron chi connectivity index (χ4n) is 1.24. The molecule has 0 aliphatic carbocycles. The fourth-order valence-corrected chi connectivity index (χ4v) is 1.60. The molecule has 5 heteroatoms. The van der Waals surface area contributed by atoms with Gasteiger partial charge in [0.15, 0.2) is 5.58 Å². The summed E-state index contributed by atoms with van der Waals surface area (Å²) in [5.74, 6) is -0.355. The smallest absolute Gasteiger partial charge is 0.338 e. The Morgan fingerprint density at radius 1 is 1.60 bits per heavy atom. The van der Waals surface area contributed by atoms with Crippen LogP contribution in [0.2, 0.25) is 0 Å². The lowest BCUT2D eigenvalue weighted by Gasteiger charge is -1.99. The molecule has 0 aliphatic rings. The predicted molar refractivity (Wildman–Crippen MR) is 57.7 cm³/mol. The fraction of sp³-hybridized carbons (Fsp3) is 0.200. The quantitative estimate of drug-likeness (QED) is 0.787. The van der Waals surface area contributed by atoms with Crippen LogP contribution >= 0.6 is 15.9 Å². The van der Waals surface area contributed by atoms with E-state index >= 15 is 0 Å². The number of fused-ring (bicyclic) bond motifs is 1. The van der Waals surface area contributed by atoms with Crippen molar-refractivity contribution in [2.24, 2.45) is 0 Å². The Bertz CT molecular complexity index is 506. The van der Waals surface area contributed by atoms with E-state index in [1.54, 1.807) is 25.1 Å². The first-order chi connectivity index (χ1) is 7.20. The average molecular weight is 270 g/mol. The van der Waals surface area contributed by atoms with Crippen LogP contribution in [0.25, 0.3) is 11.1 Å². The van der Waals surface area contributed by atoms with Crippen molar-refractivity contribution in [1.82, 2.24) is 4.98 Å². The molecule has 0 amide bonds. The lowest BCUT2D eigenvalue weighted by atomic mass is 10.2. The van der Waals surface area contributed by atoms with E-state index < -0.39 is 0 Å². The van der Waals surface area contributed by atoms with Crippen LogP contribution in [0, 0.1) is 0 Å². The number of carbonyl (C=O) groups is 1. The van der Waals surface area contributed by atoms with Gasteiger partial charge >= 0.3 is 5.97 Å². The molecule has 1 aromatic carbocycles. The maximum absolute atomic E-state index is 11.4. The molecule has 4 nitrogen and oxygen atoms in total. The highest BCUT2D eigenvalue weighted by Crippen LogP contribution is 2.20. The van der Waals surface area contributed by atoms with Crippen LogP contribution in [0.15, 0.2) is 27.4 Å². The maximum Gasteiger partial charge on any atom is 0.338 e. The first-order valence-electron chi connectivity index (χ1n) is 4.44. The van der Waals surface area contributed by atoms with Crippen LogP contribution in [-0.2, 0) is 4.74 Å². The molecule has 0 aliphatic heterocycles. The Hall–Kier alpha value is -1.36. The van der Waals surface area contributed by atoms with Gasteiger partial charge in [-0.3, -0.25) is 0 Å². The third-order valence-corrected chi connectivity index (χ3v) is 2.21. The summed E-state index contributed by atoms with van der Waals surface area (Å²) in [5.41, 5.74) is 1.73. The Balaban J connectivity index is 2.41. The number of hydrogen-bond donors (Lipinski definition) is 0. The molecule has 0 spiro atoms. The summed E-state index contributed by atoms with van der Waals surface area (Å²) in [6.07, 6.45) is 0. The number of oxazole rings is 1. The predicted octanol–water partition coefficient (Wildman–Crippen LogP) is 2.77. The van der Waals surface area contributed by atoms with Crippen molar-refractivity contribution in [1.29, 1.82) is 0 Å². The highest BCUT2D eigenvalue weighted by atomic mass is 79.9. The maximum atomic E-state index is 11.4. The summed E-state index contributed by atoms with van der Waals surface area (Å²) >= 11 is 3.12. The van der Waals surface area contributed by atoms with Crippen LogP contribution < -0.4 is 0 Å². The molecule has 0 fully saturated rings. The number of aromatic nitrogens is 1. The summed E-state index contributed by atoms with van der Waals surface area (Å²) in [6, 6.07) is 5.00. The minimum Gasteiger partial charge on any atom is -0.462 e. The number of halogens is 1. The Kier molecular flexibility index (Phi) is 2.73. The van der Waals surface area contributed by atoms with Gasteiger partial charge in [0, 0.05) is 15.9 Å². The monoisotopic (exact) mass is 269 g/mol. The second-order valence-electron chi connectivity index (χ2n) is 2.87. The van der Waals surface area contributed by atoms with E-state index in [9.17, 15) is 4.79 Å². The van der Waals surface area contributed by atoms with Crippen molar-refractivity contribution in [3.05, 3.63) is 28.6 Å². The molecule has 0 saturated heterocycles. The van der Waals surface area contributed by atoms with Gasteiger partial charge < -0.3 is 9.15 Å². The molecular formula is C10H8BrNO3. The van der Waals surface area contributed by atoms with Gasteiger partial charge in [-0.25, -0.2) is 9.78 Å². The molecule has 0 radical (unpaired) electrons. The van der Waals surface area contributed by atoms with Crippen LogP contribution in [-0.4, -0.2) is 17.6 Å². The Labute approximate surface area is 94.4 Å². The zero-order chi connectivity index (χ0) is 10.8. The standard InChI is InChI=1S/C10H8BrNO3/c1-2-14-9(13)6-3-4-7-8(5-6)15-10(11)12-7/h3-5H,2H2,1H3. The molecule has 0 saturated carbocycles. The van der Waals surface area contributed by atoms with Gasteiger partial charge in [-0.2, -0.15) is 0 Å². The average Bonchev–Trinajstić information content (AvgIpc) is 2.57. The van der Waals surface area contributed by atoms with Crippen molar-refractivity contribution in [3.8, 4) is 0 Å². The highest BCUT2D eigenvalue weighted by molar-refractivity contribution is 9.10. The molecule has 0 atom stereocenters. The summed E-state index contributed by atoms with van der Waals surface area (Å²) in [5, 5.41) is 0. The normalized spacial score (nSPS) is 10.5. The van der Waals surface area contributed by atoms with E-state index in [1.165, 1.54) is 0 Å². The number of rotatable bonds is 2. The number of benzene rings is 1. The van der Waals surface area contributed by atoms with Crippen LogP contribution in [0.4, 0.5) is 0 Å². The number of carbonyl (C=O) groups excluding carboxylic acids is 1. The number of nitrogens with zero attached hydrogens (tertiary/aromatic N) is 1. The molecule has 0 N–H and O–H groups in total. The summed E-state index contributed by atoms with van der Waals surface area (Å²) < 4.78 is 10.1. The van der Waals surface area contributed by atoms with E-state index in [1.807, 2.05) is 0 Å². The molecule has 15 heavy (non-hydrogen) atoms. The number of hydrogen-bond acceptors (Lipinski definition) is 4. The van der Waals surface area contributed by atoms with Gasteiger partial charge in [0.1, 0.15) is 5.52 Å². The largest absolute Gasteiger partial charge is 0.462 e. The van der Waals surface area contributed by atoms with Crippen LogP contribution in [0.3, 0.4) is 0 Å². The van der Waals surface area contributed by atoms with Gasteiger partial charge in [-0.1, -0.05) is 0 Å². The van der Waals surface area contributed by atoms with Gasteiger partial charge in [-0.15, -0.1) is 0 Å². The molecule has 78 valence electrons. The van der Waals surface area contributed by atoms with Crippen molar-refractivity contribution in [2.75, 3.05) is 6.61 Å². The van der Waals surface area contributed by atoms with E-state index in [4.69, 9.17) is 9.15 Å². The molecule has 0 unspecified atom stereocenters. The highest BCUT2D eigenvalue weighted by Gasteiger charge is 2.09. The Morgan fingerprint density at radius 2 is 2.40 bits per heavy atom. The zero-order valence-electron chi connectivity index (χ0n) is 7.99. The molecule has 1 aromatic heterocycles. The number of ether oxygens (including phenoxy) is 1. The topological polar surface area (TPSA) is 52.3 Å². The summed E-state index contributed by atoms with van der Waals surface area (Å²) in [7, 11) is 0.